The highest BCUT2D eigenvalue weighted by atomic mass is 16.7. The second-order valence-corrected chi connectivity index (χ2v) is 8.08. The van der Waals surface area contributed by atoms with Gasteiger partial charge in [0.25, 0.3) is 5.91 Å². The molecule has 6 heteroatoms. The Hall–Kier alpha value is -4.45. The number of carbonyl (C=O) groups excluding carboxylic acids is 1. The average molecular weight is 468 g/mol. The molecule has 4 aromatic carbocycles. The van der Waals surface area contributed by atoms with E-state index in [1.54, 1.807) is 25.3 Å². The summed E-state index contributed by atoms with van der Waals surface area (Å²) in [5.74, 6) is 2.63. The van der Waals surface area contributed by atoms with Crippen LogP contribution >= 0.6 is 0 Å². The van der Waals surface area contributed by atoms with E-state index in [1.165, 1.54) is 0 Å². The van der Waals surface area contributed by atoms with Crippen LogP contribution in [0.1, 0.15) is 21.5 Å². The molecule has 0 spiro atoms. The Balaban J connectivity index is 1.23. The van der Waals surface area contributed by atoms with Gasteiger partial charge in [0.15, 0.2) is 11.5 Å². The number of methoxy groups -OCH3 is 1. The first-order chi connectivity index (χ1) is 17.2. The number of amides is 1. The first-order valence-electron chi connectivity index (χ1n) is 11.3. The fourth-order valence-corrected chi connectivity index (χ4v) is 3.90. The van der Waals surface area contributed by atoms with Crippen molar-refractivity contribution in [2.45, 2.75) is 13.2 Å². The first kappa shape index (κ1) is 22.3. The molecule has 0 aromatic heterocycles. The van der Waals surface area contributed by atoms with Gasteiger partial charge >= 0.3 is 0 Å². The number of rotatable bonds is 8. The zero-order valence-electron chi connectivity index (χ0n) is 19.3. The second kappa shape index (κ2) is 10.2. The molecule has 0 saturated carbocycles. The molecule has 0 radical (unpaired) electrons. The van der Waals surface area contributed by atoms with Gasteiger partial charge in [0.05, 0.1) is 7.11 Å². The minimum atomic E-state index is -0.182. The van der Waals surface area contributed by atoms with Crippen molar-refractivity contribution in [2.24, 2.45) is 0 Å². The summed E-state index contributed by atoms with van der Waals surface area (Å²) in [6.07, 6.45) is 0. The minimum Gasteiger partial charge on any atom is -0.496 e. The number of nitrogens with one attached hydrogen (secondary N) is 1. The lowest BCUT2D eigenvalue weighted by Crippen LogP contribution is -2.23. The maximum Gasteiger partial charge on any atom is 0.251 e. The highest BCUT2D eigenvalue weighted by Crippen LogP contribution is 2.32. The molecule has 1 aliphatic heterocycles. The molecule has 0 unspecified atom stereocenters. The Morgan fingerprint density at radius 3 is 2.43 bits per heavy atom. The quantitative estimate of drug-likeness (QED) is 0.365. The van der Waals surface area contributed by atoms with E-state index in [9.17, 15) is 4.79 Å². The van der Waals surface area contributed by atoms with E-state index in [2.05, 4.69) is 17.4 Å². The molecule has 0 aliphatic carbocycles. The molecule has 0 fully saturated rings. The third kappa shape index (κ3) is 5.22. The fourth-order valence-electron chi connectivity index (χ4n) is 3.90. The van der Waals surface area contributed by atoms with Gasteiger partial charge in [0.1, 0.15) is 18.1 Å². The highest BCUT2D eigenvalue weighted by Gasteiger charge is 2.15. The minimum absolute atomic E-state index is 0.182. The monoisotopic (exact) mass is 467 g/mol. The van der Waals surface area contributed by atoms with Crippen LogP contribution in [0.25, 0.3) is 11.1 Å². The second-order valence-electron chi connectivity index (χ2n) is 8.08. The van der Waals surface area contributed by atoms with E-state index in [0.717, 1.165) is 33.8 Å². The maximum atomic E-state index is 12.8. The Morgan fingerprint density at radius 2 is 1.63 bits per heavy atom. The molecule has 1 N–H and O–H groups in total. The summed E-state index contributed by atoms with van der Waals surface area (Å²) >= 11 is 0. The zero-order valence-corrected chi connectivity index (χ0v) is 19.3. The third-order valence-corrected chi connectivity index (χ3v) is 5.79. The molecule has 0 bridgehead atoms. The van der Waals surface area contributed by atoms with Crippen LogP contribution in [-0.2, 0) is 13.2 Å². The van der Waals surface area contributed by atoms with Gasteiger partial charge in [0, 0.05) is 17.7 Å². The molecular formula is C29H25NO5. The van der Waals surface area contributed by atoms with E-state index < -0.39 is 0 Å². The van der Waals surface area contributed by atoms with Crippen LogP contribution in [0.3, 0.4) is 0 Å². The van der Waals surface area contributed by atoms with E-state index in [1.807, 2.05) is 60.7 Å². The van der Waals surface area contributed by atoms with Crippen LogP contribution in [0.5, 0.6) is 23.0 Å². The number of hydrogen-bond acceptors (Lipinski definition) is 5. The zero-order chi connectivity index (χ0) is 24.0. The number of carbonyl (C=O) groups is 1. The molecule has 0 saturated heterocycles. The molecule has 1 heterocycles. The lowest BCUT2D eigenvalue weighted by molar-refractivity contribution is 0.0950. The maximum absolute atomic E-state index is 12.8. The van der Waals surface area contributed by atoms with Gasteiger partial charge in [-0.15, -0.1) is 0 Å². The van der Waals surface area contributed by atoms with Crippen molar-refractivity contribution in [1.29, 1.82) is 0 Å². The van der Waals surface area contributed by atoms with E-state index in [-0.39, 0.29) is 19.3 Å². The fraction of sp³-hybridized carbons (Fsp3) is 0.138. The normalized spacial score (nSPS) is 11.7. The summed E-state index contributed by atoms with van der Waals surface area (Å²) in [5, 5.41) is 2.95. The molecule has 35 heavy (non-hydrogen) atoms. The van der Waals surface area contributed by atoms with Crippen molar-refractivity contribution in [3.8, 4) is 34.1 Å². The Bertz CT molecular complexity index is 1320. The Morgan fingerprint density at radius 1 is 0.857 bits per heavy atom. The highest BCUT2D eigenvalue weighted by molar-refractivity contribution is 5.94. The van der Waals surface area contributed by atoms with Gasteiger partial charge in [-0.1, -0.05) is 48.5 Å². The van der Waals surface area contributed by atoms with Gasteiger partial charge in [-0.25, -0.2) is 0 Å². The third-order valence-electron chi connectivity index (χ3n) is 5.79. The van der Waals surface area contributed by atoms with E-state index in [4.69, 9.17) is 18.9 Å². The largest absolute Gasteiger partial charge is 0.496 e. The lowest BCUT2D eigenvalue weighted by Gasteiger charge is -2.13. The van der Waals surface area contributed by atoms with Gasteiger partial charge < -0.3 is 24.3 Å². The summed E-state index contributed by atoms with van der Waals surface area (Å²) in [4.78, 5) is 12.8. The van der Waals surface area contributed by atoms with Crippen molar-refractivity contribution < 1.29 is 23.7 Å². The standard InChI is InChI=1S/C29H25NO5/c1-32-26-14-10-23(29(31)30-17-20-7-13-27-28(15-20)35-19-34-27)16-24(26)18-33-25-11-8-22(9-12-25)21-5-3-2-4-6-21/h2-16H,17-19H2,1H3,(H,30,31). The van der Waals surface area contributed by atoms with Crippen molar-refractivity contribution >= 4 is 5.91 Å². The van der Waals surface area contributed by atoms with Gasteiger partial charge in [-0.3, -0.25) is 4.79 Å². The smallest absolute Gasteiger partial charge is 0.251 e. The molecule has 176 valence electrons. The molecule has 5 rings (SSSR count). The Kier molecular flexibility index (Phi) is 6.52. The average Bonchev–Trinajstić information content (AvgIpc) is 3.39. The van der Waals surface area contributed by atoms with Crippen molar-refractivity contribution in [2.75, 3.05) is 13.9 Å². The number of benzene rings is 4. The SMILES string of the molecule is COc1ccc(C(=O)NCc2ccc3c(c2)OCO3)cc1COc1ccc(-c2ccccc2)cc1. The lowest BCUT2D eigenvalue weighted by atomic mass is 10.1. The predicted molar refractivity (Wildman–Crippen MR) is 133 cm³/mol. The summed E-state index contributed by atoms with van der Waals surface area (Å²) in [7, 11) is 1.60. The van der Waals surface area contributed by atoms with Crippen LogP contribution in [0.2, 0.25) is 0 Å². The molecule has 0 atom stereocenters. The number of hydrogen-bond donors (Lipinski definition) is 1. The van der Waals surface area contributed by atoms with Crippen LogP contribution in [0.4, 0.5) is 0 Å². The van der Waals surface area contributed by atoms with Crippen molar-refractivity contribution in [1.82, 2.24) is 5.32 Å². The van der Waals surface area contributed by atoms with Crippen LogP contribution < -0.4 is 24.3 Å². The van der Waals surface area contributed by atoms with E-state index >= 15 is 0 Å². The van der Waals surface area contributed by atoms with Crippen LogP contribution in [0, 0.1) is 0 Å². The number of fused-ring (bicyclic) bond motifs is 1. The predicted octanol–water partition coefficient (Wildman–Crippen LogP) is 5.60. The summed E-state index contributed by atoms with van der Waals surface area (Å²) in [5.41, 5.74) is 4.52. The topological polar surface area (TPSA) is 66.0 Å². The van der Waals surface area contributed by atoms with Crippen molar-refractivity contribution in [3.63, 3.8) is 0 Å². The van der Waals surface area contributed by atoms with Crippen LogP contribution in [-0.4, -0.2) is 19.8 Å². The molecule has 1 aliphatic rings. The van der Waals surface area contributed by atoms with Gasteiger partial charge in [0.2, 0.25) is 6.79 Å². The van der Waals surface area contributed by atoms with Gasteiger partial charge in [-0.05, 0) is 59.2 Å². The molecule has 1 amide bonds. The summed E-state index contributed by atoms with van der Waals surface area (Å²) in [6, 6.07) is 29.1. The molecule has 4 aromatic rings. The van der Waals surface area contributed by atoms with Crippen LogP contribution in [0.15, 0.2) is 91.0 Å². The van der Waals surface area contributed by atoms with Crippen molar-refractivity contribution in [3.05, 3.63) is 108 Å². The summed E-state index contributed by atoms with van der Waals surface area (Å²) in [6.45, 7) is 0.872. The Labute approximate surface area is 204 Å². The number of ether oxygens (including phenoxy) is 4. The van der Waals surface area contributed by atoms with E-state index in [0.29, 0.717) is 23.6 Å². The molecular weight excluding hydrogens is 442 g/mol. The van der Waals surface area contributed by atoms with Gasteiger partial charge in [-0.2, -0.15) is 0 Å². The first-order valence-corrected chi connectivity index (χ1v) is 11.3. The summed E-state index contributed by atoms with van der Waals surface area (Å²) < 4.78 is 22.2. The molecule has 6 nitrogen and oxygen atoms in total.